The predicted octanol–water partition coefficient (Wildman–Crippen LogP) is 4.64. The number of H-pyrrole nitrogens is 1. The highest BCUT2D eigenvalue weighted by atomic mass is 79.9. The van der Waals surface area contributed by atoms with Crippen LogP contribution in [0, 0.1) is 10.6 Å². The van der Waals surface area contributed by atoms with Gasteiger partial charge in [0.1, 0.15) is 5.82 Å². The maximum absolute atomic E-state index is 13.4. The molecule has 3 rings (SSSR count). The van der Waals surface area contributed by atoms with Gasteiger partial charge in [-0.3, -0.25) is 4.57 Å². The Morgan fingerprint density at radius 2 is 2.16 bits per heavy atom. The lowest BCUT2D eigenvalue weighted by molar-refractivity contribution is 0.626. The van der Waals surface area contributed by atoms with Crippen molar-refractivity contribution in [2.75, 3.05) is 0 Å². The van der Waals surface area contributed by atoms with Crippen molar-refractivity contribution in [2.45, 2.75) is 0 Å². The summed E-state index contributed by atoms with van der Waals surface area (Å²) >= 11 is 14.5. The highest BCUT2D eigenvalue weighted by molar-refractivity contribution is 9.10. The zero-order valence-electron chi connectivity index (χ0n) is 9.32. The number of benzene rings is 1. The summed E-state index contributed by atoms with van der Waals surface area (Å²) < 4.78 is 16.2. The maximum atomic E-state index is 13.4. The fraction of sp³-hybridized carbons (Fsp3) is 0. The SMILES string of the molecule is Fc1ccc(Br)c(-n2c(=S)[nH]c3cc(Cl)cnc32)c1. The zero-order valence-corrected chi connectivity index (χ0v) is 12.5. The Morgan fingerprint density at radius 3 is 2.95 bits per heavy atom. The van der Waals surface area contributed by atoms with Crippen molar-refractivity contribution in [1.82, 2.24) is 14.5 Å². The number of aromatic amines is 1. The molecule has 1 N–H and O–H groups in total. The molecule has 1 aromatic carbocycles. The van der Waals surface area contributed by atoms with E-state index in [9.17, 15) is 4.39 Å². The Morgan fingerprint density at radius 1 is 1.37 bits per heavy atom. The fourth-order valence-corrected chi connectivity index (χ4v) is 2.73. The molecule has 0 spiro atoms. The summed E-state index contributed by atoms with van der Waals surface area (Å²) in [5.74, 6) is -0.344. The van der Waals surface area contributed by atoms with Crippen molar-refractivity contribution >= 4 is 50.9 Å². The number of nitrogens with zero attached hydrogens (tertiary/aromatic N) is 2. The highest BCUT2D eigenvalue weighted by Gasteiger charge is 2.11. The molecule has 0 radical (unpaired) electrons. The van der Waals surface area contributed by atoms with Crippen LogP contribution in [0.1, 0.15) is 0 Å². The van der Waals surface area contributed by atoms with Crippen molar-refractivity contribution in [3.05, 3.63) is 50.5 Å². The van der Waals surface area contributed by atoms with E-state index in [1.165, 1.54) is 18.3 Å². The third kappa shape index (κ3) is 2.20. The number of aromatic nitrogens is 3. The minimum atomic E-state index is -0.344. The monoisotopic (exact) mass is 357 g/mol. The Kier molecular flexibility index (Phi) is 3.16. The van der Waals surface area contributed by atoms with E-state index in [2.05, 4.69) is 25.9 Å². The number of halogens is 3. The largest absolute Gasteiger partial charge is 0.329 e. The Hall–Kier alpha value is -1.24. The van der Waals surface area contributed by atoms with E-state index >= 15 is 0 Å². The summed E-state index contributed by atoms with van der Waals surface area (Å²) in [6.45, 7) is 0. The quantitative estimate of drug-likeness (QED) is 0.643. The van der Waals surface area contributed by atoms with Crippen LogP contribution < -0.4 is 0 Å². The second kappa shape index (κ2) is 4.70. The molecule has 0 amide bonds. The molecule has 0 bridgehead atoms. The van der Waals surface area contributed by atoms with E-state index in [0.29, 0.717) is 26.6 Å². The Labute approximate surface area is 126 Å². The van der Waals surface area contributed by atoms with Crippen LogP contribution in [-0.4, -0.2) is 14.5 Å². The van der Waals surface area contributed by atoms with Gasteiger partial charge in [0.25, 0.3) is 0 Å². The van der Waals surface area contributed by atoms with Gasteiger partial charge in [-0.25, -0.2) is 9.37 Å². The number of fused-ring (bicyclic) bond motifs is 1. The molecule has 96 valence electrons. The molecule has 0 aliphatic carbocycles. The molecule has 0 fully saturated rings. The van der Waals surface area contributed by atoms with E-state index < -0.39 is 0 Å². The molecule has 3 aromatic rings. The van der Waals surface area contributed by atoms with Crippen molar-refractivity contribution in [3.63, 3.8) is 0 Å². The smallest absolute Gasteiger partial charge is 0.184 e. The number of imidazole rings is 1. The number of rotatable bonds is 1. The lowest BCUT2D eigenvalue weighted by Crippen LogP contribution is -1.97. The van der Waals surface area contributed by atoms with Crippen LogP contribution in [0.15, 0.2) is 34.9 Å². The van der Waals surface area contributed by atoms with Gasteiger partial charge in [0.15, 0.2) is 10.4 Å². The summed E-state index contributed by atoms with van der Waals surface area (Å²) in [5, 5.41) is 0.509. The second-order valence-electron chi connectivity index (χ2n) is 3.89. The summed E-state index contributed by atoms with van der Waals surface area (Å²) in [7, 11) is 0. The van der Waals surface area contributed by atoms with Gasteiger partial charge in [0.2, 0.25) is 0 Å². The van der Waals surface area contributed by atoms with E-state index in [4.69, 9.17) is 23.8 Å². The van der Waals surface area contributed by atoms with Gasteiger partial charge in [-0.2, -0.15) is 0 Å². The molecule has 2 aromatic heterocycles. The topological polar surface area (TPSA) is 33.6 Å². The fourth-order valence-electron chi connectivity index (χ4n) is 1.85. The van der Waals surface area contributed by atoms with E-state index in [-0.39, 0.29) is 5.82 Å². The van der Waals surface area contributed by atoms with Crippen LogP contribution in [0.3, 0.4) is 0 Å². The number of hydrogen-bond acceptors (Lipinski definition) is 2. The molecule has 0 saturated carbocycles. The van der Waals surface area contributed by atoms with Crippen molar-refractivity contribution in [2.24, 2.45) is 0 Å². The van der Waals surface area contributed by atoms with Gasteiger partial charge in [-0.1, -0.05) is 11.6 Å². The van der Waals surface area contributed by atoms with Crippen molar-refractivity contribution in [3.8, 4) is 5.69 Å². The van der Waals surface area contributed by atoms with Crippen LogP contribution in [0.5, 0.6) is 0 Å². The predicted molar refractivity (Wildman–Crippen MR) is 78.9 cm³/mol. The van der Waals surface area contributed by atoms with Gasteiger partial charge < -0.3 is 4.98 Å². The standard InChI is InChI=1S/C12H6BrClFN3S/c13-8-2-1-7(15)4-10(8)18-11-9(17-12(18)19)3-6(14)5-16-11/h1-5H,(H,17,19). The van der Waals surface area contributed by atoms with Gasteiger partial charge in [-0.15, -0.1) is 0 Å². The summed E-state index contributed by atoms with van der Waals surface area (Å²) in [6, 6.07) is 6.12. The normalized spacial score (nSPS) is 11.1. The number of nitrogens with one attached hydrogen (secondary N) is 1. The Balaban J connectivity index is 2.39. The van der Waals surface area contributed by atoms with Gasteiger partial charge >= 0.3 is 0 Å². The summed E-state index contributed by atoms with van der Waals surface area (Å²) in [4.78, 5) is 7.24. The molecule has 0 aliphatic heterocycles. The molecule has 2 heterocycles. The molecule has 0 unspecified atom stereocenters. The van der Waals surface area contributed by atoms with Crippen molar-refractivity contribution in [1.29, 1.82) is 0 Å². The van der Waals surface area contributed by atoms with Crippen LogP contribution in [-0.2, 0) is 0 Å². The summed E-state index contributed by atoms with van der Waals surface area (Å²) in [6.07, 6.45) is 1.52. The molecule has 0 saturated heterocycles. The van der Waals surface area contributed by atoms with Crippen molar-refractivity contribution < 1.29 is 4.39 Å². The molecule has 19 heavy (non-hydrogen) atoms. The first kappa shape index (κ1) is 12.8. The van der Waals surface area contributed by atoms with Crippen LogP contribution in [0.2, 0.25) is 5.02 Å². The third-order valence-corrected chi connectivity index (χ3v) is 3.80. The minimum Gasteiger partial charge on any atom is -0.329 e. The van der Waals surface area contributed by atoms with E-state index in [1.807, 2.05) is 0 Å². The van der Waals surface area contributed by atoms with E-state index in [1.54, 1.807) is 16.7 Å². The zero-order chi connectivity index (χ0) is 13.6. The number of pyridine rings is 1. The first-order chi connectivity index (χ1) is 9.06. The third-order valence-electron chi connectivity index (χ3n) is 2.64. The first-order valence-electron chi connectivity index (χ1n) is 5.28. The van der Waals surface area contributed by atoms with Gasteiger partial charge in [0, 0.05) is 10.7 Å². The lowest BCUT2D eigenvalue weighted by atomic mass is 10.3. The average molecular weight is 359 g/mol. The number of hydrogen-bond donors (Lipinski definition) is 1. The van der Waals surface area contributed by atoms with Crippen LogP contribution in [0.25, 0.3) is 16.9 Å². The summed E-state index contributed by atoms with van der Waals surface area (Å²) in [5.41, 5.74) is 1.89. The first-order valence-corrected chi connectivity index (χ1v) is 6.86. The Bertz CT molecular complexity index is 843. The minimum absolute atomic E-state index is 0.344. The molecule has 0 aliphatic rings. The van der Waals surface area contributed by atoms with Gasteiger partial charge in [-0.05, 0) is 52.4 Å². The molecular weight excluding hydrogens is 353 g/mol. The van der Waals surface area contributed by atoms with Crippen LogP contribution in [0.4, 0.5) is 4.39 Å². The maximum Gasteiger partial charge on any atom is 0.184 e. The van der Waals surface area contributed by atoms with E-state index in [0.717, 1.165) is 4.47 Å². The molecule has 3 nitrogen and oxygen atoms in total. The average Bonchev–Trinajstić information content (AvgIpc) is 2.67. The van der Waals surface area contributed by atoms with Crippen LogP contribution >= 0.6 is 39.7 Å². The molecule has 7 heteroatoms. The van der Waals surface area contributed by atoms with Gasteiger partial charge in [0.05, 0.1) is 16.2 Å². The second-order valence-corrected chi connectivity index (χ2v) is 5.56. The molecular formula is C12H6BrClFN3S. The highest BCUT2D eigenvalue weighted by Crippen LogP contribution is 2.26. The lowest BCUT2D eigenvalue weighted by Gasteiger charge is -2.06. The molecule has 0 atom stereocenters.